The fraction of sp³-hybridized carbons (Fsp3) is 0.294. The summed E-state index contributed by atoms with van der Waals surface area (Å²) in [6.45, 7) is 2.62. The first-order valence-corrected chi connectivity index (χ1v) is 6.89. The predicted octanol–water partition coefficient (Wildman–Crippen LogP) is 3.82. The van der Waals surface area contributed by atoms with Crippen molar-refractivity contribution in [3.05, 3.63) is 66.0 Å². The first-order chi connectivity index (χ1) is 9.77. The van der Waals surface area contributed by atoms with Crippen molar-refractivity contribution >= 4 is 5.97 Å². The first kappa shape index (κ1) is 14.3. The monoisotopic (exact) mass is 269 g/mol. The topological polar surface area (TPSA) is 39.2 Å². The van der Waals surface area contributed by atoms with E-state index in [1.54, 1.807) is 18.3 Å². The number of nitrogens with zero attached hydrogens (tertiary/aromatic N) is 1. The highest BCUT2D eigenvalue weighted by Gasteiger charge is 2.08. The summed E-state index contributed by atoms with van der Waals surface area (Å²) in [5.41, 5.74) is 1.83. The van der Waals surface area contributed by atoms with Gasteiger partial charge in [-0.15, -0.1) is 0 Å². The quantitative estimate of drug-likeness (QED) is 0.591. The van der Waals surface area contributed by atoms with E-state index in [4.69, 9.17) is 4.74 Å². The van der Waals surface area contributed by atoms with Crippen molar-refractivity contribution in [1.29, 1.82) is 0 Å². The Morgan fingerprint density at radius 1 is 1.20 bits per heavy atom. The average Bonchev–Trinajstić information content (AvgIpc) is 2.53. The third-order valence-corrected chi connectivity index (χ3v) is 3.28. The molecule has 104 valence electrons. The van der Waals surface area contributed by atoms with Crippen molar-refractivity contribution in [3.63, 3.8) is 0 Å². The highest BCUT2D eigenvalue weighted by molar-refractivity contribution is 5.89. The van der Waals surface area contributed by atoms with Crippen LogP contribution in [0.2, 0.25) is 0 Å². The van der Waals surface area contributed by atoms with E-state index < -0.39 is 0 Å². The molecule has 2 rings (SSSR count). The third-order valence-electron chi connectivity index (χ3n) is 3.28. The zero-order valence-corrected chi connectivity index (χ0v) is 11.7. The maximum absolute atomic E-state index is 11.7. The van der Waals surface area contributed by atoms with E-state index >= 15 is 0 Å². The lowest BCUT2D eigenvalue weighted by atomic mass is 9.98. The molecule has 0 saturated carbocycles. The van der Waals surface area contributed by atoms with E-state index in [0.29, 0.717) is 18.1 Å². The number of carbonyl (C=O) groups is 1. The smallest absolute Gasteiger partial charge is 0.338 e. The van der Waals surface area contributed by atoms with E-state index in [1.165, 1.54) is 5.56 Å². The Labute approximate surface area is 119 Å². The Kier molecular flexibility index (Phi) is 5.30. The van der Waals surface area contributed by atoms with E-state index in [0.717, 1.165) is 12.8 Å². The normalized spacial score (nSPS) is 11.8. The Balaban J connectivity index is 1.71. The summed E-state index contributed by atoms with van der Waals surface area (Å²) in [5, 5.41) is 0. The molecule has 20 heavy (non-hydrogen) atoms. The van der Waals surface area contributed by atoms with Gasteiger partial charge >= 0.3 is 5.97 Å². The fourth-order valence-electron chi connectivity index (χ4n) is 2.05. The Morgan fingerprint density at radius 2 is 2.00 bits per heavy atom. The number of hydrogen-bond acceptors (Lipinski definition) is 3. The Hall–Kier alpha value is -2.16. The third kappa shape index (κ3) is 4.19. The Bertz CT molecular complexity index is 525. The number of carbonyl (C=O) groups excluding carboxylic acids is 1. The summed E-state index contributed by atoms with van der Waals surface area (Å²) < 4.78 is 5.26. The van der Waals surface area contributed by atoms with Crippen LogP contribution in [-0.4, -0.2) is 17.6 Å². The van der Waals surface area contributed by atoms with Gasteiger partial charge in [-0.05, 0) is 42.5 Å². The van der Waals surface area contributed by atoms with Gasteiger partial charge in [-0.25, -0.2) is 4.79 Å². The standard InChI is InChI=1S/C17H19NO2/c1-14(16-10-5-11-18-13-16)7-6-12-20-17(19)15-8-3-2-4-9-15/h2-5,8-11,13-14H,6-7,12H2,1H3. The minimum atomic E-state index is -0.250. The lowest BCUT2D eigenvalue weighted by Crippen LogP contribution is -2.07. The van der Waals surface area contributed by atoms with Gasteiger partial charge in [-0.3, -0.25) is 4.98 Å². The van der Waals surface area contributed by atoms with Crippen LogP contribution in [0.15, 0.2) is 54.9 Å². The van der Waals surface area contributed by atoms with Gasteiger partial charge in [0, 0.05) is 12.4 Å². The van der Waals surface area contributed by atoms with Gasteiger partial charge in [0.15, 0.2) is 0 Å². The predicted molar refractivity (Wildman–Crippen MR) is 78.6 cm³/mol. The minimum absolute atomic E-state index is 0.250. The molecule has 1 heterocycles. The highest BCUT2D eigenvalue weighted by Crippen LogP contribution is 2.19. The molecule has 0 spiro atoms. The molecule has 3 heteroatoms. The maximum atomic E-state index is 11.7. The summed E-state index contributed by atoms with van der Waals surface area (Å²) in [7, 11) is 0. The number of ether oxygens (including phenoxy) is 1. The van der Waals surface area contributed by atoms with Crippen molar-refractivity contribution in [2.75, 3.05) is 6.61 Å². The van der Waals surface area contributed by atoms with Crippen molar-refractivity contribution in [1.82, 2.24) is 4.98 Å². The molecular formula is C17H19NO2. The lowest BCUT2D eigenvalue weighted by Gasteiger charge is -2.11. The lowest BCUT2D eigenvalue weighted by molar-refractivity contribution is 0.0496. The van der Waals surface area contributed by atoms with Crippen LogP contribution in [-0.2, 0) is 4.74 Å². The van der Waals surface area contributed by atoms with E-state index in [2.05, 4.69) is 18.0 Å². The molecule has 0 amide bonds. The van der Waals surface area contributed by atoms with Gasteiger partial charge in [0.1, 0.15) is 0 Å². The van der Waals surface area contributed by atoms with Crippen LogP contribution in [0.5, 0.6) is 0 Å². The van der Waals surface area contributed by atoms with Crippen LogP contribution in [0, 0.1) is 0 Å². The second-order valence-corrected chi connectivity index (χ2v) is 4.83. The number of aromatic nitrogens is 1. The van der Waals surface area contributed by atoms with Gasteiger partial charge < -0.3 is 4.74 Å². The van der Waals surface area contributed by atoms with Crippen molar-refractivity contribution in [3.8, 4) is 0 Å². The average molecular weight is 269 g/mol. The van der Waals surface area contributed by atoms with E-state index in [9.17, 15) is 4.79 Å². The van der Waals surface area contributed by atoms with Crippen molar-refractivity contribution in [2.45, 2.75) is 25.7 Å². The molecule has 1 unspecified atom stereocenters. The number of hydrogen-bond donors (Lipinski definition) is 0. The molecule has 1 aromatic carbocycles. The molecule has 0 aliphatic carbocycles. The van der Waals surface area contributed by atoms with Gasteiger partial charge in [-0.1, -0.05) is 31.2 Å². The van der Waals surface area contributed by atoms with Crippen LogP contribution in [0.1, 0.15) is 41.6 Å². The largest absolute Gasteiger partial charge is 0.462 e. The molecule has 0 radical (unpaired) electrons. The molecule has 1 aromatic heterocycles. The van der Waals surface area contributed by atoms with Crippen LogP contribution in [0.4, 0.5) is 0 Å². The van der Waals surface area contributed by atoms with Crippen LogP contribution in [0.25, 0.3) is 0 Å². The van der Waals surface area contributed by atoms with Crippen molar-refractivity contribution in [2.24, 2.45) is 0 Å². The number of esters is 1. The highest BCUT2D eigenvalue weighted by atomic mass is 16.5. The molecule has 2 aromatic rings. The second-order valence-electron chi connectivity index (χ2n) is 4.83. The maximum Gasteiger partial charge on any atom is 0.338 e. The molecule has 0 fully saturated rings. The molecule has 0 N–H and O–H groups in total. The fourth-order valence-corrected chi connectivity index (χ4v) is 2.05. The van der Waals surface area contributed by atoms with Crippen LogP contribution in [0.3, 0.4) is 0 Å². The summed E-state index contributed by atoms with van der Waals surface area (Å²) >= 11 is 0. The van der Waals surface area contributed by atoms with Gasteiger partial charge in [0.05, 0.1) is 12.2 Å². The van der Waals surface area contributed by atoms with Gasteiger partial charge in [0.25, 0.3) is 0 Å². The number of pyridine rings is 1. The number of rotatable bonds is 6. The Morgan fingerprint density at radius 3 is 2.70 bits per heavy atom. The summed E-state index contributed by atoms with van der Waals surface area (Å²) in [4.78, 5) is 15.8. The summed E-state index contributed by atoms with van der Waals surface area (Å²) in [6, 6.07) is 13.1. The van der Waals surface area contributed by atoms with Gasteiger partial charge in [-0.2, -0.15) is 0 Å². The molecule has 0 bridgehead atoms. The molecule has 0 saturated heterocycles. The second kappa shape index (κ2) is 7.43. The summed E-state index contributed by atoms with van der Waals surface area (Å²) in [6.07, 6.45) is 5.50. The van der Waals surface area contributed by atoms with Crippen molar-refractivity contribution < 1.29 is 9.53 Å². The van der Waals surface area contributed by atoms with Crippen LogP contribution < -0.4 is 0 Å². The molecule has 0 aliphatic heterocycles. The zero-order chi connectivity index (χ0) is 14.2. The molecule has 3 nitrogen and oxygen atoms in total. The number of benzene rings is 1. The molecule has 1 atom stereocenters. The van der Waals surface area contributed by atoms with E-state index in [-0.39, 0.29) is 5.97 Å². The molecule has 0 aliphatic rings. The first-order valence-electron chi connectivity index (χ1n) is 6.89. The zero-order valence-electron chi connectivity index (χ0n) is 11.7. The minimum Gasteiger partial charge on any atom is -0.462 e. The van der Waals surface area contributed by atoms with E-state index in [1.807, 2.05) is 30.5 Å². The summed E-state index contributed by atoms with van der Waals surface area (Å²) in [5.74, 6) is 0.179. The van der Waals surface area contributed by atoms with Gasteiger partial charge in [0.2, 0.25) is 0 Å². The molecular weight excluding hydrogens is 250 g/mol. The van der Waals surface area contributed by atoms with Crippen LogP contribution >= 0.6 is 0 Å². The SMILES string of the molecule is CC(CCCOC(=O)c1ccccc1)c1cccnc1.